The SMILES string of the molecule is Clc1nc(Br)c2[nH]c(Br)nc2n1. The van der Waals surface area contributed by atoms with Crippen LogP contribution in [0.2, 0.25) is 5.28 Å². The zero-order valence-corrected chi connectivity index (χ0v) is 9.40. The standard InChI is InChI=1S/C5HBr2ClN4/c6-2-1-3(11-4(7)9-1)12-5(8)10-2/h(H,9,10,11,12). The third-order valence-electron chi connectivity index (χ3n) is 1.25. The molecule has 0 atom stereocenters. The summed E-state index contributed by atoms with van der Waals surface area (Å²) in [4.78, 5) is 14.8. The van der Waals surface area contributed by atoms with Gasteiger partial charge < -0.3 is 4.98 Å². The quantitative estimate of drug-likeness (QED) is 0.462. The Morgan fingerprint density at radius 3 is 2.67 bits per heavy atom. The first-order chi connectivity index (χ1) is 5.66. The molecule has 1 N–H and O–H groups in total. The molecule has 0 saturated heterocycles. The van der Waals surface area contributed by atoms with Gasteiger partial charge in [0.25, 0.3) is 0 Å². The fraction of sp³-hybridized carbons (Fsp3) is 0. The molecule has 0 aliphatic heterocycles. The lowest BCUT2D eigenvalue weighted by Crippen LogP contribution is -1.84. The van der Waals surface area contributed by atoms with Gasteiger partial charge in [-0.25, -0.2) is 9.97 Å². The molecular weight excluding hydrogens is 311 g/mol. The van der Waals surface area contributed by atoms with E-state index >= 15 is 0 Å². The van der Waals surface area contributed by atoms with Crippen LogP contribution in [0.3, 0.4) is 0 Å². The maximum Gasteiger partial charge on any atom is 0.225 e. The van der Waals surface area contributed by atoms with Crippen LogP contribution in [-0.2, 0) is 0 Å². The molecule has 2 rings (SSSR count). The molecule has 2 aromatic heterocycles. The highest BCUT2D eigenvalue weighted by Crippen LogP contribution is 2.21. The molecule has 12 heavy (non-hydrogen) atoms. The molecular formula is C5HBr2ClN4. The van der Waals surface area contributed by atoms with Crippen molar-refractivity contribution in [2.75, 3.05) is 0 Å². The predicted molar refractivity (Wildman–Crippen MR) is 52.1 cm³/mol. The van der Waals surface area contributed by atoms with Crippen molar-refractivity contribution in [2.24, 2.45) is 0 Å². The van der Waals surface area contributed by atoms with Crippen molar-refractivity contribution >= 4 is 54.6 Å². The zero-order valence-electron chi connectivity index (χ0n) is 5.48. The normalized spacial score (nSPS) is 10.9. The van der Waals surface area contributed by atoms with Gasteiger partial charge in [-0.1, -0.05) is 0 Å². The Morgan fingerprint density at radius 1 is 1.17 bits per heavy atom. The van der Waals surface area contributed by atoms with Crippen LogP contribution in [0.1, 0.15) is 0 Å². The summed E-state index contributed by atoms with van der Waals surface area (Å²) in [5.41, 5.74) is 1.26. The largest absolute Gasteiger partial charge is 0.329 e. The van der Waals surface area contributed by atoms with Gasteiger partial charge >= 0.3 is 0 Å². The molecule has 0 bridgehead atoms. The molecule has 4 nitrogen and oxygen atoms in total. The lowest BCUT2D eigenvalue weighted by Gasteiger charge is -1.91. The van der Waals surface area contributed by atoms with Crippen LogP contribution in [0.5, 0.6) is 0 Å². The number of nitrogens with zero attached hydrogens (tertiary/aromatic N) is 3. The molecule has 2 aromatic rings. The topological polar surface area (TPSA) is 54.5 Å². The molecule has 0 amide bonds. The van der Waals surface area contributed by atoms with Gasteiger partial charge in [0.2, 0.25) is 5.28 Å². The van der Waals surface area contributed by atoms with Crippen molar-refractivity contribution in [1.29, 1.82) is 0 Å². The van der Waals surface area contributed by atoms with E-state index in [0.29, 0.717) is 15.0 Å². The van der Waals surface area contributed by atoms with Crippen molar-refractivity contribution in [3.63, 3.8) is 0 Å². The third-order valence-corrected chi connectivity index (χ3v) is 2.37. The predicted octanol–water partition coefficient (Wildman–Crippen LogP) is 2.53. The Hall–Kier alpha value is -0.200. The number of halogens is 3. The first kappa shape index (κ1) is 8.40. The Balaban J connectivity index is 2.88. The molecule has 7 heteroatoms. The van der Waals surface area contributed by atoms with Gasteiger partial charge in [0.15, 0.2) is 10.4 Å². The number of hydrogen-bond acceptors (Lipinski definition) is 3. The number of imidazole rings is 1. The minimum atomic E-state index is 0.174. The molecule has 0 saturated carbocycles. The highest BCUT2D eigenvalue weighted by molar-refractivity contribution is 9.10. The number of fused-ring (bicyclic) bond motifs is 1. The molecule has 0 spiro atoms. The van der Waals surface area contributed by atoms with E-state index in [1.165, 1.54) is 0 Å². The minimum Gasteiger partial charge on any atom is -0.329 e. The van der Waals surface area contributed by atoms with Crippen LogP contribution in [0.4, 0.5) is 0 Å². The van der Waals surface area contributed by atoms with Crippen molar-refractivity contribution < 1.29 is 0 Å². The lowest BCUT2D eigenvalue weighted by molar-refractivity contribution is 1.17. The van der Waals surface area contributed by atoms with Crippen LogP contribution in [0.15, 0.2) is 9.34 Å². The monoisotopic (exact) mass is 310 g/mol. The molecule has 62 valence electrons. The average molecular weight is 312 g/mol. The highest BCUT2D eigenvalue weighted by atomic mass is 79.9. The average Bonchev–Trinajstić information content (AvgIpc) is 2.29. The highest BCUT2D eigenvalue weighted by Gasteiger charge is 2.07. The number of aromatic nitrogens is 4. The number of H-pyrrole nitrogens is 1. The Bertz CT molecular complexity index is 440. The van der Waals surface area contributed by atoms with Crippen LogP contribution in [-0.4, -0.2) is 19.9 Å². The molecule has 0 aromatic carbocycles. The van der Waals surface area contributed by atoms with Gasteiger partial charge in [-0.15, -0.1) is 0 Å². The minimum absolute atomic E-state index is 0.174. The van der Waals surface area contributed by atoms with Gasteiger partial charge in [-0.05, 0) is 43.5 Å². The number of aromatic amines is 1. The molecule has 0 aliphatic rings. The fourth-order valence-corrected chi connectivity index (χ4v) is 1.89. The van der Waals surface area contributed by atoms with E-state index in [-0.39, 0.29) is 5.28 Å². The summed E-state index contributed by atoms with van der Waals surface area (Å²) in [6, 6.07) is 0. The maximum absolute atomic E-state index is 5.61. The van der Waals surface area contributed by atoms with Crippen LogP contribution < -0.4 is 0 Å². The Kier molecular flexibility index (Phi) is 2.05. The summed E-state index contributed by atoms with van der Waals surface area (Å²) in [6.45, 7) is 0. The van der Waals surface area contributed by atoms with E-state index in [1.807, 2.05) is 0 Å². The summed E-state index contributed by atoms with van der Waals surface area (Å²) in [5, 5.41) is 0.174. The van der Waals surface area contributed by atoms with Crippen LogP contribution in [0, 0.1) is 0 Å². The first-order valence-corrected chi connectivity index (χ1v) is 4.87. The second-order valence-corrected chi connectivity index (χ2v) is 3.85. The number of hydrogen-bond donors (Lipinski definition) is 1. The van der Waals surface area contributed by atoms with Gasteiger partial charge in [0, 0.05) is 0 Å². The van der Waals surface area contributed by atoms with Crippen molar-refractivity contribution in [3.8, 4) is 0 Å². The van der Waals surface area contributed by atoms with Crippen molar-refractivity contribution in [2.45, 2.75) is 0 Å². The number of nitrogens with one attached hydrogen (secondary N) is 1. The second-order valence-electron chi connectivity index (χ2n) is 2.01. The fourth-order valence-electron chi connectivity index (χ4n) is 0.810. The first-order valence-electron chi connectivity index (χ1n) is 2.91. The number of rotatable bonds is 0. The molecule has 0 fully saturated rings. The van der Waals surface area contributed by atoms with Gasteiger partial charge in [0.1, 0.15) is 10.1 Å². The van der Waals surface area contributed by atoms with E-state index in [9.17, 15) is 0 Å². The van der Waals surface area contributed by atoms with Gasteiger partial charge in [-0.3, -0.25) is 0 Å². The second kappa shape index (κ2) is 2.93. The van der Waals surface area contributed by atoms with Crippen LogP contribution >= 0.6 is 43.5 Å². The Morgan fingerprint density at radius 2 is 1.92 bits per heavy atom. The van der Waals surface area contributed by atoms with Crippen molar-refractivity contribution in [3.05, 3.63) is 14.6 Å². The molecule has 0 radical (unpaired) electrons. The van der Waals surface area contributed by atoms with Crippen molar-refractivity contribution in [1.82, 2.24) is 19.9 Å². The Labute approximate surface area is 89.0 Å². The summed E-state index contributed by atoms with van der Waals surface area (Å²) in [7, 11) is 0. The zero-order chi connectivity index (χ0) is 8.72. The van der Waals surface area contributed by atoms with Gasteiger partial charge in [-0.2, -0.15) is 4.98 Å². The van der Waals surface area contributed by atoms with E-state index in [4.69, 9.17) is 11.6 Å². The molecule has 0 aliphatic carbocycles. The summed E-state index contributed by atoms with van der Waals surface area (Å²) in [6.07, 6.45) is 0. The summed E-state index contributed by atoms with van der Waals surface area (Å²) >= 11 is 12.0. The van der Waals surface area contributed by atoms with E-state index in [2.05, 4.69) is 51.8 Å². The summed E-state index contributed by atoms with van der Waals surface area (Å²) < 4.78 is 1.21. The summed E-state index contributed by atoms with van der Waals surface area (Å²) in [5.74, 6) is 0. The van der Waals surface area contributed by atoms with Crippen LogP contribution in [0.25, 0.3) is 11.2 Å². The smallest absolute Gasteiger partial charge is 0.225 e. The lowest BCUT2D eigenvalue weighted by atomic mass is 10.6. The van der Waals surface area contributed by atoms with E-state index < -0.39 is 0 Å². The van der Waals surface area contributed by atoms with Gasteiger partial charge in [0.05, 0.1) is 0 Å². The van der Waals surface area contributed by atoms with E-state index in [1.54, 1.807) is 0 Å². The third kappa shape index (κ3) is 1.34. The van der Waals surface area contributed by atoms with E-state index in [0.717, 1.165) is 5.52 Å². The maximum atomic E-state index is 5.61. The molecule has 2 heterocycles. The molecule has 0 unspecified atom stereocenters.